The Bertz CT molecular complexity index is 392. The summed E-state index contributed by atoms with van der Waals surface area (Å²) in [4.78, 5) is 0. The van der Waals surface area contributed by atoms with E-state index in [9.17, 15) is 12.8 Å². The highest BCUT2D eigenvalue weighted by Crippen LogP contribution is 2.19. The summed E-state index contributed by atoms with van der Waals surface area (Å²) >= 11 is 0. The molecule has 0 spiro atoms. The number of rotatable bonds is 3. The summed E-state index contributed by atoms with van der Waals surface area (Å²) in [6.45, 7) is 0.616. The molecule has 0 aliphatic carbocycles. The lowest BCUT2D eigenvalue weighted by molar-refractivity contribution is 0.0114. The fourth-order valence-corrected chi connectivity index (χ4v) is 1.82. The van der Waals surface area contributed by atoms with Gasteiger partial charge in [-0.05, 0) is 5.56 Å². The smallest absolute Gasteiger partial charge is 0.306 e. The van der Waals surface area contributed by atoms with Crippen LogP contribution >= 0.6 is 0 Å². The minimum absolute atomic E-state index is 0.449. The van der Waals surface area contributed by atoms with Crippen molar-refractivity contribution < 1.29 is 17.9 Å². The number of alkyl halides is 1. The van der Waals surface area contributed by atoms with Crippen molar-refractivity contribution in [1.82, 2.24) is 0 Å². The van der Waals surface area contributed by atoms with Crippen LogP contribution in [-0.2, 0) is 15.6 Å². The maximum absolute atomic E-state index is 12.8. The molecule has 0 aromatic heterocycles. The zero-order valence-corrected chi connectivity index (χ0v) is 8.46. The zero-order chi connectivity index (χ0) is 10.8. The van der Waals surface area contributed by atoms with Gasteiger partial charge < -0.3 is 5.11 Å². The molecule has 1 rings (SSSR count). The van der Waals surface area contributed by atoms with Crippen LogP contribution in [0.25, 0.3) is 0 Å². The van der Waals surface area contributed by atoms with Crippen LogP contribution in [0.1, 0.15) is 12.5 Å². The lowest BCUT2D eigenvalue weighted by Gasteiger charge is -2.13. The second-order valence-electron chi connectivity index (χ2n) is 3.11. The Morgan fingerprint density at radius 2 is 1.86 bits per heavy atom. The molecule has 0 saturated heterocycles. The van der Waals surface area contributed by atoms with E-state index >= 15 is 0 Å². The predicted molar refractivity (Wildman–Crippen MR) is 50.8 cm³/mol. The van der Waals surface area contributed by atoms with E-state index < -0.39 is 20.8 Å². The van der Waals surface area contributed by atoms with E-state index in [2.05, 4.69) is 0 Å². The standard InChI is InChI=1S/C9H11FO3S/c1-9(10,11)14(12,13)7-8-5-3-2-4-6-8/h2-6,11H,7H2,1H3. The summed E-state index contributed by atoms with van der Waals surface area (Å²) in [6, 6.07) is 8.14. The average molecular weight is 218 g/mol. The van der Waals surface area contributed by atoms with Crippen molar-refractivity contribution in [2.24, 2.45) is 0 Å². The molecule has 0 aliphatic rings. The molecule has 3 nitrogen and oxygen atoms in total. The minimum atomic E-state index is -4.16. The molecule has 0 aliphatic heterocycles. The first-order chi connectivity index (χ1) is 6.33. The number of sulfone groups is 1. The Hall–Kier alpha value is -0.940. The summed E-state index contributed by atoms with van der Waals surface area (Å²) in [5.41, 5.74) is 0.449. The first kappa shape index (κ1) is 11.1. The van der Waals surface area contributed by atoms with Gasteiger partial charge in [0.1, 0.15) is 0 Å². The molecule has 5 heteroatoms. The Morgan fingerprint density at radius 1 is 1.36 bits per heavy atom. The van der Waals surface area contributed by atoms with Crippen molar-refractivity contribution in [2.45, 2.75) is 17.9 Å². The third kappa shape index (κ3) is 2.52. The molecule has 0 heterocycles. The second kappa shape index (κ2) is 3.67. The normalized spacial score (nSPS) is 16.2. The predicted octanol–water partition coefficient (Wildman–Crippen LogP) is 1.24. The summed E-state index contributed by atoms with van der Waals surface area (Å²) in [7, 11) is -4.16. The van der Waals surface area contributed by atoms with E-state index in [1.807, 2.05) is 0 Å². The molecule has 1 aromatic rings. The Labute approximate surface area is 82.1 Å². The first-order valence-electron chi connectivity index (χ1n) is 4.00. The summed E-state index contributed by atoms with van der Waals surface area (Å²) in [5.74, 6) is -0.503. The molecule has 0 radical (unpaired) electrons. The van der Waals surface area contributed by atoms with Gasteiger partial charge in [0.25, 0.3) is 0 Å². The van der Waals surface area contributed by atoms with Gasteiger partial charge in [0.05, 0.1) is 5.75 Å². The van der Waals surface area contributed by atoms with E-state index in [4.69, 9.17) is 5.11 Å². The van der Waals surface area contributed by atoms with Gasteiger partial charge in [-0.2, -0.15) is 4.39 Å². The van der Waals surface area contributed by atoms with E-state index in [1.54, 1.807) is 30.3 Å². The highest BCUT2D eigenvalue weighted by Gasteiger charge is 2.36. The lowest BCUT2D eigenvalue weighted by Crippen LogP contribution is -2.30. The van der Waals surface area contributed by atoms with Gasteiger partial charge in [0, 0.05) is 6.92 Å². The van der Waals surface area contributed by atoms with Crippen molar-refractivity contribution in [1.29, 1.82) is 0 Å². The quantitative estimate of drug-likeness (QED) is 0.830. The van der Waals surface area contributed by atoms with Crippen LogP contribution in [0.2, 0.25) is 0 Å². The monoisotopic (exact) mass is 218 g/mol. The van der Waals surface area contributed by atoms with Crippen molar-refractivity contribution in [3.63, 3.8) is 0 Å². The molecule has 0 saturated carbocycles. The van der Waals surface area contributed by atoms with Gasteiger partial charge in [0.15, 0.2) is 0 Å². The van der Waals surface area contributed by atoms with Crippen LogP contribution in [-0.4, -0.2) is 18.7 Å². The Morgan fingerprint density at radius 3 is 2.29 bits per heavy atom. The summed E-state index contributed by atoms with van der Waals surface area (Å²) in [6.07, 6.45) is 0. The molecule has 0 fully saturated rings. The van der Waals surface area contributed by atoms with Crippen LogP contribution in [0.3, 0.4) is 0 Å². The average Bonchev–Trinajstić information content (AvgIpc) is 2.03. The largest absolute Gasteiger partial charge is 0.350 e. The number of hydrogen-bond donors (Lipinski definition) is 1. The van der Waals surface area contributed by atoms with Crippen molar-refractivity contribution >= 4 is 9.84 Å². The fourth-order valence-electron chi connectivity index (χ4n) is 0.925. The molecular weight excluding hydrogens is 207 g/mol. The van der Waals surface area contributed by atoms with E-state index in [1.165, 1.54) is 0 Å². The van der Waals surface area contributed by atoms with Crippen LogP contribution < -0.4 is 0 Å². The van der Waals surface area contributed by atoms with E-state index in [0.29, 0.717) is 12.5 Å². The summed E-state index contributed by atoms with van der Waals surface area (Å²) in [5, 5.41) is 5.57. The minimum Gasteiger partial charge on any atom is -0.350 e. The van der Waals surface area contributed by atoms with E-state index in [0.717, 1.165) is 0 Å². The molecule has 0 bridgehead atoms. The van der Waals surface area contributed by atoms with Crippen molar-refractivity contribution in [3.8, 4) is 0 Å². The molecule has 0 amide bonds. The van der Waals surface area contributed by atoms with Gasteiger partial charge in [-0.1, -0.05) is 30.3 Å². The van der Waals surface area contributed by atoms with Crippen molar-refractivity contribution in [3.05, 3.63) is 35.9 Å². The number of halogens is 1. The molecule has 1 N–H and O–H groups in total. The van der Waals surface area contributed by atoms with Gasteiger partial charge in [0.2, 0.25) is 9.84 Å². The number of benzene rings is 1. The van der Waals surface area contributed by atoms with Gasteiger partial charge in [-0.25, -0.2) is 8.42 Å². The van der Waals surface area contributed by atoms with Gasteiger partial charge in [-0.3, -0.25) is 0 Å². The molecule has 1 unspecified atom stereocenters. The SMILES string of the molecule is CC(O)(F)S(=O)(=O)Cc1ccccc1. The highest BCUT2D eigenvalue weighted by molar-refractivity contribution is 7.91. The molecule has 78 valence electrons. The Kier molecular flexibility index (Phi) is 2.92. The third-order valence-electron chi connectivity index (χ3n) is 1.77. The van der Waals surface area contributed by atoms with Crippen molar-refractivity contribution in [2.75, 3.05) is 0 Å². The van der Waals surface area contributed by atoms with Gasteiger partial charge in [-0.15, -0.1) is 0 Å². The van der Waals surface area contributed by atoms with Crippen LogP contribution in [0.15, 0.2) is 30.3 Å². The lowest BCUT2D eigenvalue weighted by atomic mass is 10.2. The number of hydrogen-bond acceptors (Lipinski definition) is 3. The van der Waals surface area contributed by atoms with Crippen LogP contribution in [0.4, 0.5) is 4.39 Å². The molecule has 1 aromatic carbocycles. The van der Waals surface area contributed by atoms with Crippen LogP contribution in [0, 0.1) is 0 Å². The third-order valence-corrected chi connectivity index (χ3v) is 3.62. The summed E-state index contributed by atoms with van der Waals surface area (Å²) < 4.78 is 35.2. The highest BCUT2D eigenvalue weighted by atomic mass is 32.2. The first-order valence-corrected chi connectivity index (χ1v) is 5.66. The molecule has 1 atom stereocenters. The van der Waals surface area contributed by atoms with Gasteiger partial charge >= 0.3 is 5.19 Å². The zero-order valence-electron chi connectivity index (χ0n) is 7.64. The fraction of sp³-hybridized carbons (Fsp3) is 0.333. The molecule has 14 heavy (non-hydrogen) atoms. The van der Waals surface area contributed by atoms with Crippen LogP contribution in [0.5, 0.6) is 0 Å². The second-order valence-corrected chi connectivity index (χ2v) is 5.38. The molecular formula is C9H11FO3S. The number of aliphatic hydroxyl groups is 1. The topological polar surface area (TPSA) is 54.4 Å². The maximum Gasteiger partial charge on any atom is 0.306 e. The maximum atomic E-state index is 12.8. The van der Waals surface area contributed by atoms with E-state index in [-0.39, 0.29) is 0 Å². The Balaban J connectivity index is 2.91.